The number of aliphatic hydroxyl groups excluding tert-OH is 1. The normalized spacial score (nSPS) is 12.3. The van der Waals surface area contributed by atoms with E-state index in [4.69, 9.17) is 0 Å². The van der Waals surface area contributed by atoms with Crippen molar-refractivity contribution in [1.82, 2.24) is 14.5 Å². The molecule has 20 heavy (non-hydrogen) atoms. The molecule has 0 spiro atoms. The molecular formula is C11H18N4O5. The van der Waals surface area contributed by atoms with Crippen LogP contribution < -0.4 is 16.6 Å². The third-order valence-corrected chi connectivity index (χ3v) is 2.71. The van der Waals surface area contributed by atoms with Crippen LogP contribution in [0.5, 0.6) is 0 Å². The van der Waals surface area contributed by atoms with Gasteiger partial charge in [-0.3, -0.25) is 24.0 Å². The molecule has 0 saturated carbocycles. The summed E-state index contributed by atoms with van der Waals surface area (Å²) in [6.45, 7) is 2.56. The van der Waals surface area contributed by atoms with Gasteiger partial charge in [-0.15, -0.1) is 0 Å². The molecule has 0 aromatic carbocycles. The summed E-state index contributed by atoms with van der Waals surface area (Å²) in [5.74, 6) is 0. The topological polar surface area (TPSA) is 119 Å². The van der Waals surface area contributed by atoms with Crippen molar-refractivity contribution >= 4 is 5.69 Å². The molecule has 0 aliphatic rings. The molecule has 2 N–H and O–H groups in total. The highest BCUT2D eigenvalue weighted by molar-refractivity contribution is 5.21. The Morgan fingerprint density at radius 3 is 2.70 bits per heavy atom. The van der Waals surface area contributed by atoms with Gasteiger partial charge in [0.05, 0.1) is 23.8 Å². The van der Waals surface area contributed by atoms with Crippen molar-refractivity contribution < 1.29 is 10.0 Å². The molecule has 0 aliphatic carbocycles. The number of nitrogens with one attached hydrogen (secondary N) is 1. The SMILES string of the molecule is CCCNCC(O)Cn1c(=O)c([N+](=O)[O-])cn(C)c1=O. The van der Waals surface area contributed by atoms with Crippen molar-refractivity contribution in [2.45, 2.75) is 26.0 Å². The number of nitrogens with zero attached hydrogens (tertiary/aromatic N) is 3. The van der Waals surface area contributed by atoms with Crippen molar-refractivity contribution in [3.05, 3.63) is 37.1 Å². The Bertz CT molecular complexity index is 591. The molecule has 1 atom stereocenters. The predicted octanol–water partition coefficient (Wildman–Crippen LogP) is -1.18. The lowest BCUT2D eigenvalue weighted by molar-refractivity contribution is -0.387. The molecule has 0 aliphatic heterocycles. The first-order valence-electron chi connectivity index (χ1n) is 6.22. The second-order valence-corrected chi connectivity index (χ2v) is 4.44. The van der Waals surface area contributed by atoms with Crippen molar-refractivity contribution in [3.63, 3.8) is 0 Å². The fourth-order valence-electron chi connectivity index (χ4n) is 1.72. The lowest BCUT2D eigenvalue weighted by atomic mass is 10.3. The molecule has 112 valence electrons. The van der Waals surface area contributed by atoms with E-state index >= 15 is 0 Å². The number of hydrogen-bond donors (Lipinski definition) is 2. The minimum atomic E-state index is -1.01. The minimum absolute atomic E-state index is 0.201. The summed E-state index contributed by atoms with van der Waals surface area (Å²) < 4.78 is 1.63. The highest BCUT2D eigenvalue weighted by Crippen LogP contribution is 1.99. The van der Waals surface area contributed by atoms with E-state index in [9.17, 15) is 24.8 Å². The van der Waals surface area contributed by atoms with Crippen molar-refractivity contribution in [3.8, 4) is 0 Å². The number of aromatic nitrogens is 2. The second-order valence-electron chi connectivity index (χ2n) is 4.44. The number of rotatable bonds is 7. The molecule has 0 bridgehead atoms. The van der Waals surface area contributed by atoms with Crippen molar-refractivity contribution in [1.29, 1.82) is 0 Å². The Labute approximate surface area is 114 Å². The Morgan fingerprint density at radius 1 is 1.50 bits per heavy atom. The molecule has 9 nitrogen and oxygen atoms in total. The first kappa shape index (κ1) is 16.1. The molecule has 0 radical (unpaired) electrons. The summed E-state index contributed by atoms with van der Waals surface area (Å²) in [7, 11) is 1.31. The summed E-state index contributed by atoms with van der Waals surface area (Å²) in [5.41, 5.74) is -2.40. The Kier molecular flexibility index (Phi) is 5.59. The van der Waals surface area contributed by atoms with Crippen LogP contribution in [0.2, 0.25) is 0 Å². The van der Waals surface area contributed by atoms with Gasteiger partial charge in [0.1, 0.15) is 0 Å². The number of aryl methyl sites for hydroxylation is 1. The second kappa shape index (κ2) is 6.96. The number of hydrogen-bond acceptors (Lipinski definition) is 6. The van der Waals surface area contributed by atoms with Gasteiger partial charge in [-0.2, -0.15) is 0 Å². The average molecular weight is 286 g/mol. The van der Waals surface area contributed by atoms with Crippen LogP contribution >= 0.6 is 0 Å². The molecule has 0 fully saturated rings. The third-order valence-electron chi connectivity index (χ3n) is 2.71. The van der Waals surface area contributed by atoms with Gasteiger partial charge in [-0.05, 0) is 13.0 Å². The highest BCUT2D eigenvalue weighted by atomic mass is 16.6. The van der Waals surface area contributed by atoms with Crippen LogP contribution in [0.1, 0.15) is 13.3 Å². The predicted molar refractivity (Wildman–Crippen MR) is 71.8 cm³/mol. The molecule has 1 aromatic rings. The van der Waals surface area contributed by atoms with E-state index in [-0.39, 0.29) is 13.1 Å². The molecule has 1 heterocycles. The number of nitro groups is 1. The fraction of sp³-hybridized carbons (Fsp3) is 0.636. The van der Waals surface area contributed by atoms with Crippen LogP contribution in [0.15, 0.2) is 15.8 Å². The van der Waals surface area contributed by atoms with Crippen LogP contribution in [-0.4, -0.2) is 38.4 Å². The van der Waals surface area contributed by atoms with E-state index in [0.717, 1.165) is 17.2 Å². The standard InChI is InChI=1S/C11H18N4O5/c1-3-4-12-5-8(16)6-14-10(17)9(15(19)20)7-13(2)11(14)18/h7-8,12,16H,3-6H2,1-2H3. The molecule has 0 amide bonds. The summed E-state index contributed by atoms with van der Waals surface area (Å²) in [6.07, 6.45) is 0.780. The molecule has 1 aromatic heterocycles. The molecular weight excluding hydrogens is 268 g/mol. The Morgan fingerprint density at radius 2 is 2.15 bits per heavy atom. The van der Waals surface area contributed by atoms with E-state index < -0.39 is 28.0 Å². The summed E-state index contributed by atoms with van der Waals surface area (Å²) >= 11 is 0. The highest BCUT2D eigenvalue weighted by Gasteiger charge is 2.20. The van der Waals surface area contributed by atoms with Gasteiger partial charge >= 0.3 is 16.9 Å². The molecule has 9 heteroatoms. The van der Waals surface area contributed by atoms with Gasteiger partial charge in [-0.1, -0.05) is 6.92 Å². The maximum Gasteiger partial charge on any atom is 0.350 e. The van der Waals surface area contributed by atoms with Gasteiger partial charge in [0.25, 0.3) is 0 Å². The van der Waals surface area contributed by atoms with Gasteiger partial charge in [-0.25, -0.2) is 4.79 Å². The summed E-state index contributed by atoms with van der Waals surface area (Å²) in [5, 5.41) is 23.4. The lowest BCUT2D eigenvalue weighted by Crippen LogP contribution is -2.44. The van der Waals surface area contributed by atoms with Crippen LogP contribution in [-0.2, 0) is 13.6 Å². The minimum Gasteiger partial charge on any atom is -0.390 e. The zero-order valence-corrected chi connectivity index (χ0v) is 11.4. The van der Waals surface area contributed by atoms with E-state index in [2.05, 4.69) is 5.32 Å². The quantitative estimate of drug-likeness (QED) is 0.370. The van der Waals surface area contributed by atoms with E-state index in [1.807, 2.05) is 6.92 Å². The summed E-state index contributed by atoms with van der Waals surface area (Å²) in [6, 6.07) is 0. The first-order chi connectivity index (χ1) is 9.38. The molecule has 1 unspecified atom stereocenters. The third kappa shape index (κ3) is 3.75. The maximum absolute atomic E-state index is 11.8. The van der Waals surface area contributed by atoms with E-state index in [0.29, 0.717) is 11.1 Å². The van der Waals surface area contributed by atoms with Crippen LogP contribution in [0.25, 0.3) is 0 Å². The number of aliphatic hydroxyl groups is 1. The van der Waals surface area contributed by atoms with Gasteiger partial charge in [0.15, 0.2) is 0 Å². The van der Waals surface area contributed by atoms with Gasteiger partial charge in [0.2, 0.25) is 0 Å². The average Bonchev–Trinajstić information content (AvgIpc) is 2.39. The van der Waals surface area contributed by atoms with Gasteiger partial charge < -0.3 is 10.4 Å². The maximum atomic E-state index is 11.8. The van der Waals surface area contributed by atoms with E-state index in [1.54, 1.807) is 0 Å². The zero-order chi connectivity index (χ0) is 15.3. The first-order valence-corrected chi connectivity index (χ1v) is 6.22. The van der Waals surface area contributed by atoms with E-state index in [1.165, 1.54) is 7.05 Å². The molecule has 1 rings (SSSR count). The van der Waals surface area contributed by atoms with Crippen molar-refractivity contribution in [2.24, 2.45) is 7.05 Å². The van der Waals surface area contributed by atoms with Crippen LogP contribution in [0.3, 0.4) is 0 Å². The fourth-order valence-corrected chi connectivity index (χ4v) is 1.72. The molecule has 0 saturated heterocycles. The lowest BCUT2D eigenvalue weighted by Gasteiger charge is -2.13. The van der Waals surface area contributed by atoms with Crippen LogP contribution in [0.4, 0.5) is 5.69 Å². The van der Waals surface area contributed by atoms with Gasteiger partial charge in [0, 0.05) is 13.6 Å². The van der Waals surface area contributed by atoms with Crippen molar-refractivity contribution in [2.75, 3.05) is 13.1 Å². The zero-order valence-electron chi connectivity index (χ0n) is 11.4. The Hall–Kier alpha value is -2.00. The van der Waals surface area contributed by atoms with Crippen LogP contribution in [0, 0.1) is 10.1 Å². The Balaban J connectivity index is 3.03. The smallest absolute Gasteiger partial charge is 0.350 e. The monoisotopic (exact) mass is 286 g/mol. The summed E-state index contributed by atoms with van der Waals surface area (Å²) in [4.78, 5) is 33.5. The largest absolute Gasteiger partial charge is 0.390 e.